The van der Waals surface area contributed by atoms with Gasteiger partial charge in [0, 0.05) is 0 Å². The molecule has 0 aliphatic rings. The van der Waals surface area contributed by atoms with Gasteiger partial charge in [-0.3, -0.25) is 0 Å². The lowest BCUT2D eigenvalue weighted by molar-refractivity contribution is 0.545. The quantitative estimate of drug-likeness (QED) is 0.179. The standard InChI is InChI=1S/C14H31N.C12H27N/c1-2-3-4-5-6-7-8-9-10-11-12-13-14-15;1-2-3-4-5-6-7-8-9-10-11-12-13/h2-15H2,1H3;2-13H2,1H3. The first-order valence-corrected chi connectivity index (χ1v) is 13.2. The molecule has 28 heavy (non-hydrogen) atoms. The Morgan fingerprint density at radius 1 is 0.286 bits per heavy atom. The molecule has 2 nitrogen and oxygen atoms in total. The Hall–Kier alpha value is -0.0800. The maximum Gasteiger partial charge on any atom is -0.00773 e. The van der Waals surface area contributed by atoms with Crippen LogP contribution in [0.5, 0.6) is 0 Å². The zero-order valence-electron chi connectivity index (χ0n) is 20.1. The van der Waals surface area contributed by atoms with Gasteiger partial charge in [-0.25, -0.2) is 0 Å². The van der Waals surface area contributed by atoms with E-state index in [4.69, 9.17) is 11.5 Å². The van der Waals surface area contributed by atoms with Crippen molar-refractivity contribution < 1.29 is 0 Å². The third-order valence-corrected chi connectivity index (χ3v) is 5.62. The topological polar surface area (TPSA) is 52.0 Å². The molecule has 0 saturated carbocycles. The molecule has 0 aliphatic carbocycles. The van der Waals surface area contributed by atoms with Crippen LogP contribution in [0.4, 0.5) is 0 Å². The fourth-order valence-corrected chi connectivity index (χ4v) is 3.62. The molecule has 0 rings (SSSR count). The molecule has 0 aliphatic heterocycles. The molecular weight excluding hydrogens is 340 g/mol. The summed E-state index contributed by atoms with van der Waals surface area (Å²) in [7, 11) is 0. The minimum Gasteiger partial charge on any atom is -0.330 e. The molecule has 0 unspecified atom stereocenters. The second-order valence-electron chi connectivity index (χ2n) is 8.65. The van der Waals surface area contributed by atoms with Crippen molar-refractivity contribution >= 4 is 0 Å². The van der Waals surface area contributed by atoms with Gasteiger partial charge in [0.2, 0.25) is 0 Å². The summed E-state index contributed by atoms with van der Waals surface area (Å²) >= 11 is 0. The van der Waals surface area contributed by atoms with E-state index in [2.05, 4.69) is 13.8 Å². The van der Waals surface area contributed by atoms with Gasteiger partial charge in [0.15, 0.2) is 0 Å². The molecule has 0 heterocycles. The Morgan fingerprint density at radius 2 is 0.464 bits per heavy atom. The van der Waals surface area contributed by atoms with Crippen molar-refractivity contribution in [2.75, 3.05) is 13.1 Å². The van der Waals surface area contributed by atoms with Gasteiger partial charge >= 0.3 is 0 Å². The van der Waals surface area contributed by atoms with E-state index in [0.29, 0.717) is 0 Å². The molecule has 0 spiro atoms. The molecule has 4 N–H and O–H groups in total. The SMILES string of the molecule is CCCCCCCCCCCCCCN.CCCCCCCCCCCCN. The highest BCUT2D eigenvalue weighted by Crippen LogP contribution is 2.12. The van der Waals surface area contributed by atoms with E-state index in [1.807, 2.05) is 0 Å². The molecule has 2 heteroatoms. The summed E-state index contributed by atoms with van der Waals surface area (Å²) in [5.41, 5.74) is 10.9. The molecule has 0 atom stereocenters. The van der Waals surface area contributed by atoms with Crippen LogP contribution in [0.2, 0.25) is 0 Å². The monoisotopic (exact) mass is 398 g/mol. The summed E-state index contributed by atoms with van der Waals surface area (Å²) in [4.78, 5) is 0. The average Bonchev–Trinajstić information content (AvgIpc) is 2.71. The smallest absolute Gasteiger partial charge is 0.00773 e. The van der Waals surface area contributed by atoms with E-state index in [1.54, 1.807) is 0 Å². The fraction of sp³-hybridized carbons (Fsp3) is 1.00. The fourth-order valence-electron chi connectivity index (χ4n) is 3.62. The van der Waals surface area contributed by atoms with Crippen LogP contribution >= 0.6 is 0 Å². The van der Waals surface area contributed by atoms with Crippen LogP contribution in [0.25, 0.3) is 0 Å². The number of unbranched alkanes of at least 4 members (excludes halogenated alkanes) is 20. The Kier molecular flexibility index (Phi) is 34.0. The third kappa shape index (κ3) is 33.5. The molecule has 0 saturated heterocycles. The zero-order chi connectivity index (χ0) is 21.0. The molecular formula is C26H58N2. The minimum absolute atomic E-state index is 0.872. The second-order valence-corrected chi connectivity index (χ2v) is 8.65. The lowest BCUT2D eigenvalue weighted by Gasteiger charge is -2.01. The molecule has 0 aromatic carbocycles. The van der Waals surface area contributed by atoms with E-state index in [-0.39, 0.29) is 0 Å². The van der Waals surface area contributed by atoms with Crippen molar-refractivity contribution in [2.45, 2.75) is 155 Å². The van der Waals surface area contributed by atoms with Crippen LogP contribution in [0, 0.1) is 0 Å². The highest BCUT2D eigenvalue weighted by atomic mass is 14.5. The largest absolute Gasteiger partial charge is 0.330 e. The summed E-state index contributed by atoms with van der Waals surface area (Å²) in [6, 6.07) is 0. The summed E-state index contributed by atoms with van der Waals surface area (Å²) in [6.45, 7) is 6.29. The molecule has 172 valence electrons. The van der Waals surface area contributed by atoms with E-state index in [0.717, 1.165) is 13.1 Å². The molecule has 0 fully saturated rings. The average molecular weight is 399 g/mol. The van der Waals surface area contributed by atoms with Crippen LogP contribution in [0.1, 0.15) is 155 Å². The highest BCUT2D eigenvalue weighted by molar-refractivity contribution is 4.49. The predicted molar refractivity (Wildman–Crippen MR) is 131 cm³/mol. The van der Waals surface area contributed by atoms with E-state index >= 15 is 0 Å². The van der Waals surface area contributed by atoms with Crippen LogP contribution in [-0.4, -0.2) is 13.1 Å². The highest BCUT2D eigenvalue weighted by Gasteiger charge is 1.93. The van der Waals surface area contributed by atoms with Gasteiger partial charge in [-0.1, -0.05) is 142 Å². The van der Waals surface area contributed by atoms with Crippen molar-refractivity contribution in [1.29, 1.82) is 0 Å². The van der Waals surface area contributed by atoms with Crippen LogP contribution in [0.15, 0.2) is 0 Å². The number of hydrogen-bond donors (Lipinski definition) is 2. The first-order chi connectivity index (χ1) is 13.8. The lowest BCUT2D eigenvalue weighted by atomic mass is 10.1. The molecule has 0 amide bonds. The van der Waals surface area contributed by atoms with Crippen molar-refractivity contribution in [3.05, 3.63) is 0 Å². The van der Waals surface area contributed by atoms with Gasteiger partial charge in [0.1, 0.15) is 0 Å². The Balaban J connectivity index is 0. The Bertz CT molecular complexity index is 208. The van der Waals surface area contributed by atoms with Crippen molar-refractivity contribution in [1.82, 2.24) is 0 Å². The van der Waals surface area contributed by atoms with Gasteiger partial charge in [0.05, 0.1) is 0 Å². The third-order valence-electron chi connectivity index (χ3n) is 5.62. The minimum atomic E-state index is 0.872. The maximum atomic E-state index is 5.45. The van der Waals surface area contributed by atoms with Crippen LogP contribution in [0.3, 0.4) is 0 Å². The van der Waals surface area contributed by atoms with Crippen LogP contribution in [-0.2, 0) is 0 Å². The van der Waals surface area contributed by atoms with E-state index in [9.17, 15) is 0 Å². The van der Waals surface area contributed by atoms with Crippen LogP contribution < -0.4 is 11.5 Å². The van der Waals surface area contributed by atoms with Crippen molar-refractivity contribution in [3.63, 3.8) is 0 Å². The Morgan fingerprint density at radius 3 is 0.643 bits per heavy atom. The molecule has 0 aromatic heterocycles. The van der Waals surface area contributed by atoms with Crippen molar-refractivity contribution in [2.24, 2.45) is 11.5 Å². The van der Waals surface area contributed by atoms with Gasteiger partial charge in [-0.05, 0) is 25.9 Å². The normalized spacial score (nSPS) is 10.7. The lowest BCUT2D eigenvalue weighted by Crippen LogP contribution is -1.97. The number of nitrogens with two attached hydrogens (primary N) is 2. The molecule has 0 radical (unpaired) electrons. The van der Waals surface area contributed by atoms with Gasteiger partial charge in [-0.2, -0.15) is 0 Å². The zero-order valence-corrected chi connectivity index (χ0v) is 20.1. The van der Waals surface area contributed by atoms with Crippen molar-refractivity contribution in [3.8, 4) is 0 Å². The van der Waals surface area contributed by atoms with Gasteiger partial charge in [0.25, 0.3) is 0 Å². The van der Waals surface area contributed by atoms with Gasteiger partial charge in [-0.15, -0.1) is 0 Å². The number of rotatable bonds is 22. The number of hydrogen-bond acceptors (Lipinski definition) is 2. The molecule has 0 aromatic rings. The second kappa shape index (κ2) is 31.6. The summed E-state index contributed by atoms with van der Waals surface area (Å²) in [6.07, 6.45) is 30.8. The maximum absolute atomic E-state index is 5.45. The van der Waals surface area contributed by atoms with E-state index in [1.165, 1.54) is 141 Å². The first-order valence-electron chi connectivity index (χ1n) is 13.2. The summed E-state index contributed by atoms with van der Waals surface area (Å²) < 4.78 is 0. The summed E-state index contributed by atoms with van der Waals surface area (Å²) in [5, 5.41) is 0. The Labute approximate surface area is 180 Å². The first kappa shape index (κ1) is 30.1. The van der Waals surface area contributed by atoms with E-state index < -0.39 is 0 Å². The predicted octanol–water partition coefficient (Wildman–Crippen LogP) is 8.51. The summed E-state index contributed by atoms with van der Waals surface area (Å²) in [5.74, 6) is 0. The molecule has 0 bridgehead atoms. The van der Waals surface area contributed by atoms with Gasteiger partial charge < -0.3 is 11.5 Å².